The Balaban J connectivity index is 2.93. The Morgan fingerprint density at radius 1 is 1.09 bits per heavy atom. The predicted octanol–water partition coefficient (Wildman–Crippen LogP) is 2.56. The van der Waals surface area contributed by atoms with Gasteiger partial charge in [0.2, 0.25) is 0 Å². The molecule has 0 radical (unpaired) electrons. The van der Waals surface area contributed by atoms with Gasteiger partial charge in [0.05, 0.1) is 0 Å². The first kappa shape index (κ1) is 6.47. The smallest absolute Gasteiger partial charge is 0.0481 e. The SMILES string of the molecule is Cc1ccn2cccc2c1C. The fraction of sp³-hybridized carbons (Fsp3) is 0.200. The van der Waals surface area contributed by atoms with Gasteiger partial charge in [0.25, 0.3) is 0 Å². The van der Waals surface area contributed by atoms with E-state index in [4.69, 9.17) is 0 Å². The molecule has 0 spiro atoms. The van der Waals surface area contributed by atoms with Gasteiger partial charge in [-0.05, 0) is 43.2 Å². The second-order valence-corrected chi connectivity index (χ2v) is 2.92. The minimum atomic E-state index is 1.31. The Kier molecular flexibility index (Phi) is 1.25. The molecule has 2 heterocycles. The van der Waals surface area contributed by atoms with Crippen molar-refractivity contribution in [3.63, 3.8) is 0 Å². The van der Waals surface area contributed by atoms with Gasteiger partial charge in [-0.1, -0.05) is 0 Å². The van der Waals surface area contributed by atoms with Gasteiger partial charge in [0.15, 0.2) is 0 Å². The zero-order valence-corrected chi connectivity index (χ0v) is 6.83. The van der Waals surface area contributed by atoms with Crippen molar-refractivity contribution < 1.29 is 0 Å². The van der Waals surface area contributed by atoms with Gasteiger partial charge in [0, 0.05) is 17.9 Å². The largest absolute Gasteiger partial charge is 0.324 e. The highest BCUT2D eigenvalue weighted by Crippen LogP contribution is 2.14. The fourth-order valence-electron chi connectivity index (χ4n) is 1.36. The molecule has 1 heteroatoms. The summed E-state index contributed by atoms with van der Waals surface area (Å²) >= 11 is 0. The van der Waals surface area contributed by atoms with E-state index >= 15 is 0 Å². The van der Waals surface area contributed by atoms with Gasteiger partial charge < -0.3 is 4.40 Å². The Labute approximate surface area is 66.3 Å². The van der Waals surface area contributed by atoms with E-state index < -0.39 is 0 Å². The highest BCUT2D eigenvalue weighted by atomic mass is 14.8. The van der Waals surface area contributed by atoms with Crippen LogP contribution in [0.25, 0.3) is 5.52 Å². The average Bonchev–Trinajstić information content (AvgIpc) is 2.45. The number of nitrogens with zero attached hydrogens (tertiary/aromatic N) is 1. The first-order valence-corrected chi connectivity index (χ1v) is 3.82. The van der Waals surface area contributed by atoms with Gasteiger partial charge in [-0.3, -0.25) is 0 Å². The molecule has 11 heavy (non-hydrogen) atoms. The van der Waals surface area contributed by atoms with E-state index in [1.165, 1.54) is 16.6 Å². The molecule has 2 aromatic heterocycles. The molecule has 0 aliphatic rings. The maximum absolute atomic E-state index is 2.16. The molecule has 0 saturated carbocycles. The molecule has 0 fully saturated rings. The Morgan fingerprint density at radius 3 is 2.73 bits per heavy atom. The summed E-state index contributed by atoms with van der Waals surface area (Å²) in [6.07, 6.45) is 4.17. The second-order valence-electron chi connectivity index (χ2n) is 2.92. The van der Waals surface area contributed by atoms with Crippen molar-refractivity contribution >= 4 is 5.52 Å². The number of rotatable bonds is 0. The fourth-order valence-corrected chi connectivity index (χ4v) is 1.36. The molecule has 56 valence electrons. The van der Waals surface area contributed by atoms with Crippen molar-refractivity contribution in [2.75, 3.05) is 0 Å². The number of aryl methyl sites for hydroxylation is 2. The molecule has 2 rings (SSSR count). The quantitative estimate of drug-likeness (QED) is 0.536. The molecule has 0 bridgehead atoms. The maximum atomic E-state index is 2.16. The number of fused-ring (bicyclic) bond motifs is 1. The lowest BCUT2D eigenvalue weighted by molar-refractivity contribution is 1.16. The number of hydrogen-bond donors (Lipinski definition) is 0. The van der Waals surface area contributed by atoms with Crippen molar-refractivity contribution in [2.24, 2.45) is 0 Å². The lowest BCUT2D eigenvalue weighted by Gasteiger charge is -2.01. The molecule has 0 N–H and O–H groups in total. The topological polar surface area (TPSA) is 4.41 Å². The minimum Gasteiger partial charge on any atom is -0.324 e. The third-order valence-corrected chi connectivity index (χ3v) is 2.24. The molecule has 2 aromatic rings. The molecule has 1 nitrogen and oxygen atoms in total. The second kappa shape index (κ2) is 2.12. The molecule has 0 aliphatic heterocycles. The van der Waals surface area contributed by atoms with Crippen LogP contribution in [0.4, 0.5) is 0 Å². The zero-order chi connectivity index (χ0) is 7.84. The van der Waals surface area contributed by atoms with Crippen LogP contribution in [-0.4, -0.2) is 4.40 Å². The summed E-state index contributed by atoms with van der Waals surface area (Å²) in [5.74, 6) is 0. The summed E-state index contributed by atoms with van der Waals surface area (Å²) in [5.41, 5.74) is 4.04. The third kappa shape index (κ3) is 0.845. The van der Waals surface area contributed by atoms with Crippen LogP contribution in [-0.2, 0) is 0 Å². The van der Waals surface area contributed by atoms with Gasteiger partial charge in [-0.15, -0.1) is 0 Å². The van der Waals surface area contributed by atoms with Gasteiger partial charge >= 0.3 is 0 Å². The zero-order valence-electron chi connectivity index (χ0n) is 6.83. The van der Waals surface area contributed by atoms with E-state index in [1.807, 2.05) is 0 Å². The van der Waals surface area contributed by atoms with Crippen LogP contribution in [0.1, 0.15) is 11.1 Å². The first-order chi connectivity index (χ1) is 5.29. The van der Waals surface area contributed by atoms with Crippen LogP contribution >= 0.6 is 0 Å². The van der Waals surface area contributed by atoms with Crippen molar-refractivity contribution in [1.29, 1.82) is 0 Å². The van der Waals surface area contributed by atoms with E-state index in [1.54, 1.807) is 0 Å². The van der Waals surface area contributed by atoms with E-state index in [-0.39, 0.29) is 0 Å². The first-order valence-electron chi connectivity index (χ1n) is 3.82. The van der Waals surface area contributed by atoms with Gasteiger partial charge in [-0.25, -0.2) is 0 Å². The Morgan fingerprint density at radius 2 is 1.91 bits per heavy atom. The molecule has 0 saturated heterocycles. The van der Waals surface area contributed by atoms with E-state index in [0.29, 0.717) is 0 Å². The van der Waals surface area contributed by atoms with Gasteiger partial charge in [0.1, 0.15) is 0 Å². The number of pyridine rings is 1. The molecule has 0 atom stereocenters. The molecule has 0 aromatic carbocycles. The lowest BCUT2D eigenvalue weighted by Crippen LogP contribution is -1.87. The van der Waals surface area contributed by atoms with Crippen LogP contribution in [0, 0.1) is 13.8 Å². The monoisotopic (exact) mass is 145 g/mol. The standard InChI is InChI=1S/C10H11N/c1-8-5-7-11-6-3-4-10(11)9(8)2/h3-7H,1-2H3. The Hall–Kier alpha value is -1.24. The van der Waals surface area contributed by atoms with Crippen molar-refractivity contribution in [3.8, 4) is 0 Å². The summed E-state index contributed by atoms with van der Waals surface area (Å²) in [5, 5.41) is 0. The van der Waals surface area contributed by atoms with Crippen LogP contribution in [0.2, 0.25) is 0 Å². The summed E-state index contributed by atoms with van der Waals surface area (Å²) in [6, 6.07) is 6.35. The van der Waals surface area contributed by atoms with Crippen LogP contribution in [0.15, 0.2) is 30.6 Å². The summed E-state index contributed by atoms with van der Waals surface area (Å²) < 4.78 is 2.14. The van der Waals surface area contributed by atoms with E-state index in [9.17, 15) is 0 Å². The van der Waals surface area contributed by atoms with E-state index in [2.05, 4.69) is 48.8 Å². The van der Waals surface area contributed by atoms with Gasteiger partial charge in [-0.2, -0.15) is 0 Å². The molecule has 0 aliphatic carbocycles. The predicted molar refractivity (Wildman–Crippen MR) is 46.9 cm³/mol. The molecule has 0 unspecified atom stereocenters. The third-order valence-electron chi connectivity index (χ3n) is 2.24. The minimum absolute atomic E-state index is 1.31. The molecule has 0 amide bonds. The summed E-state index contributed by atoms with van der Waals surface area (Å²) in [4.78, 5) is 0. The van der Waals surface area contributed by atoms with Crippen LogP contribution < -0.4 is 0 Å². The highest BCUT2D eigenvalue weighted by Gasteiger charge is 1.97. The Bertz CT molecular complexity index is 385. The lowest BCUT2D eigenvalue weighted by atomic mass is 10.1. The maximum Gasteiger partial charge on any atom is 0.0481 e. The van der Waals surface area contributed by atoms with Crippen molar-refractivity contribution in [2.45, 2.75) is 13.8 Å². The summed E-state index contributed by atoms with van der Waals surface area (Å²) in [7, 11) is 0. The van der Waals surface area contributed by atoms with E-state index in [0.717, 1.165) is 0 Å². The number of hydrogen-bond acceptors (Lipinski definition) is 0. The summed E-state index contributed by atoms with van der Waals surface area (Å²) in [6.45, 7) is 4.30. The van der Waals surface area contributed by atoms with Crippen LogP contribution in [0.3, 0.4) is 0 Å². The van der Waals surface area contributed by atoms with Crippen molar-refractivity contribution in [3.05, 3.63) is 41.7 Å². The van der Waals surface area contributed by atoms with Crippen LogP contribution in [0.5, 0.6) is 0 Å². The van der Waals surface area contributed by atoms with Crippen molar-refractivity contribution in [1.82, 2.24) is 4.40 Å². The highest BCUT2D eigenvalue weighted by molar-refractivity contribution is 5.57. The average molecular weight is 145 g/mol. The number of aromatic nitrogens is 1. The normalized spacial score (nSPS) is 10.7. The molecular weight excluding hydrogens is 134 g/mol. The molecular formula is C10H11N.